The molecule has 0 radical (unpaired) electrons. The minimum Gasteiger partial charge on any atom is -0.481 e. The molecule has 4 nitrogen and oxygen atoms in total. The van der Waals surface area contributed by atoms with Crippen LogP contribution in [0.15, 0.2) is 28.7 Å². The number of aliphatic carboxylic acids is 1. The van der Waals surface area contributed by atoms with E-state index in [2.05, 4.69) is 21.2 Å². The van der Waals surface area contributed by atoms with Crippen molar-refractivity contribution in [1.29, 1.82) is 0 Å². The van der Waals surface area contributed by atoms with E-state index in [4.69, 9.17) is 5.11 Å². The second kappa shape index (κ2) is 8.04. The van der Waals surface area contributed by atoms with Gasteiger partial charge in [0.25, 0.3) is 0 Å². The highest BCUT2D eigenvalue weighted by Crippen LogP contribution is 2.20. The number of rotatable bonds is 7. The van der Waals surface area contributed by atoms with Crippen LogP contribution in [-0.4, -0.2) is 17.0 Å². The number of carbonyl (C=O) groups excluding carboxylic acids is 1. The van der Waals surface area contributed by atoms with E-state index in [1.165, 1.54) is 0 Å². The van der Waals surface area contributed by atoms with Gasteiger partial charge in [-0.1, -0.05) is 48.3 Å². The molecule has 0 aliphatic heterocycles. The van der Waals surface area contributed by atoms with Crippen molar-refractivity contribution in [3.8, 4) is 0 Å². The number of hydrogen-bond acceptors (Lipinski definition) is 2. The third-order valence-electron chi connectivity index (χ3n) is 3.22. The Morgan fingerprint density at radius 2 is 1.85 bits per heavy atom. The van der Waals surface area contributed by atoms with Crippen molar-refractivity contribution in [3.63, 3.8) is 0 Å². The maximum absolute atomic E-state index is 11.9. The van der Waals surface area contributed by atoms with Gasteiger partial charge >= 0.3 is 5.97 Å². The molecule has 0 saturated carbocycles. The van der Waals surface area contributed by atoms with Gasteiger partial charge in [0.1, 0.15) is 0 Å². The van der Waals surface area contributed by atoms with Crippen LogP contribution < -0.4 is 5.32 Å². The Labute approximate surface area is 127 Å². The molecule has 0 aliphatic carbocycles. The Bertz CT molecular complexity index is 459. The Balaban J connectivity index is 2.76. The molecule has 1 amide bonds. The van der Waals surface area contributed by atoms with Gasteiger partial charge in [-0.3, -0.25) is 9.59 Å². The summed E-state index contributed by atoms with van der Waals surface area (Å²) in [5, 5.41) is 11.8. The van der Waals surface area contributed by atoms with Gasteiger partial charge in [-0.15, -0.1) is 0 Å². The van der Waals surface area contributed by atoms with Gasteiger partial charge < -0.3 is 10.4 Å². The monoisotopic (exact) mass is 341 g/mol. The second-order valence-corrected chi connectivity index (χ2v) is 5.90. The Morgan fingerprint density at radius 3 is 2.35 bits per heavy atom. The summed E-state index contributed by atoms with van der Waals surface area (Å²) in [6.45, 7) is 4.03. The van der Waals surface area contributed by atoms with Gasteiger partial charge in [-0.25, -0.2) is 0 Å². The lowest BCUT2D eigenvalue weighted by Gasteiger charge is -2.18. The molecule has 1 aromatic rings. The normalized spacial score (nSPS) is 13.6. The predicted molar refractivity (Wildman–Crippen MR) is 81.4 cm³/mol. The van der Waals surface area contributed by atoms with E-state index in [1.807, 2.05) is 38.1 Å². The molecule has 1 aromatic carbocycles. The van der Waals surface area contributed by atoms with Gasteiger partial charge in [0.05, 0.1) is 12.5 Å². The molecule has 5 heteroatoms. The van der Waals surface area contributed by atoms with Crippen molar-refractivity contribution in [3.05, 3.63) is 34.3 Å². The smallest absolute Gasteiger partial charge is 0.305 e. The number of nitrogens with one attached hydrogen (secondary N) is 1. The molecule has 2 unspecified atom stereocenters. The van der Waals surface area contributed by atoms with E-state index in [1.54, 1.807) is 0 Å². The minimum absolute atomic E-state index is 0.103. The molecule has 0 bridgehead atoms. The first kappa shape index (κ1) is 16.7. The van der Waals surface area contributed by atoms with Crippen LogP contribution in [0.5, 0.6) is 0 Å². The number of carboxylic acid groups (broad SMARTS) is 1. The first-order chi connectivity index (χ1) is 9.42. The molecule has 110 valence electrons. The van der Waals surface area contributed by atoms with E-state index in [0.717, 1.165) is 16.5 Å². The summed E-state index contributed by atoms with van der Waals surface area (Å²) in [5.74, 6) is -0.735. The molecular formula is C15H20BrNO3. The van der Waals surface area contributed by atoms with E-state index < -0.39 is 12.0 Å². The van der Waals surface area contributed by atoms with Gasteiger partial charge in [0.15, 0.2) is 0 Å². The van der Waals surface area contributed by atoms with E-state index in [0.29, 0.717) is 12.3 Å². The summed E-state index contributed by atoms with van der Waals surface area (Å²) in [6.07, 6.45) is 1.23. The van der Waals surface area contributed by atoms with Gasteiger partial charge in [0.2, 0.25) is 5.91 Å². The number of hydrogen-bond donors (Lipinski definition) is 2. The standard InChI is InChI=1S/C15H20BrNO3/c1-3-10(2)8-14(18)17-13(9-15(19)20)11-4-6-12(16)7-5-11/h4-7,10,13H,3,8-9H2,1-2H3,(H,17,18)(H,19,20). The van der Waals surface area contributed by atoms with Crippen molar-refractivity contribution in [2.24, 2.45) is 5.92 Å². The fourth-order valence-electron chi connectivity index (χ4n) is 1.84. The third kappa shape index (κ3) is 5.74. The van der Waals surface area contributed by atoms with Crippen LogP contribution >= 0.6 is 15.9 Å². The predicted octanol–water partition coefficient (Wildman–Crippen LogP) is 3.52. The summed E-state index contributed by atoms with van der Waals surface area (Å²) >= 11 is 3.33. The molecular weight excluding hydrogens is 322 g/mol. The lowest BCUT2D eigenvalue weighted by Crippen LogP contribution is -2.31. The fourth-order valence-corrected chi connectivity index (χ4v) is 2.10. The second-order valence-electron chi connectivity index (χ2n) is 4.99. The molecule has 0 aromatic heterocycles. The third-order valence-corrected chi connectivity index (χ3v) is 3.75. The lowest BCUT2D eigenvalue weighted by atomic mass is 10.0. The van der Waals surface area contributed by atoms with Crippen LogP contribution in [0.3, 0.4) is 0 Å². The van der Waals surface area contributed by atoms with Crippen LogP contribution in [0, 0.1) is 5.92 Å². The van der Waals surface area contributed by atoms with Crippen molar-refractivity contribution in [2.75, 3.05) is 0 Å². The Morgan fingerprint density at radius 1 is 1.25 bits per heavy atom. The molecule has 0 spiro atoms. The van der Waals surface area contributed by atoms with Crippen LogP contribution in [-0.2, 0) is 9.59 Å². The Hall–Kier alpha value is -1.36. The summed E-state index contributed by atoms with van der Waals surface area (Å²) < 4.78 is 0.918. The van der Waals surface area contributed by atoms with Crippen LogP contribution in [0.2, 0.25) is 0 Å². The average molecular weight is 342 g/mol. The summed E-state index contributed by atoms with van der Waals surface area (Å²) in [5.41, 5.74) is 0.799. The molecule has 0 heterocycles. The SMILES string of the molecule is CCC(C)CC(=O)NC(CC(=O)O)c1ccc(Br)cc1. The fraction of sp³-hybridized carbons (Fsp3) is 0.467. The summed E-state index contributed by atoms with van der Waals surface area (Å²) in [4.78, 5) is 22.9. The van der Waals surface area contributed by atoms with Gasteiger partial charge in [-0.2, -0.15) is 0 Å². The molecule has 2 N–H and O–H groups in total. The highest BCUT2D eigenvalue weighted by molar-refractivity contribution is 9.10. The number of benzene rings is 1. The molecule has 2 atom stereocenters. The summed E-state index contributed by atoms with van der Waals surface area (Å²) in [7, 11) is 0. The first-order valence-electron chi connectivity index (χ1n) is 6.69. The first-order valence-corrected chi connectivity index (χ1v) is 7.48. The van der Waals surface area contributed by atoms with Crippen molar-refractivity contribution >= 4 is 27.8 Å². The van der Waals surface area contributed by atoms with Crippen LogP contribution in [0.25, 0.3) is 0 Å². The van der Waals surface area contributed by atoms with E-state index >= 15 is 0 Å². The van der Waals surface area contributed by atoms with Crippen molar-refractivity contribution in [1.82, 2.24) is 5.32 Å². The van der Waals surface area contributed by atoms with Crippen molar-refractivity contribution in [2.45, 2.75) is 39.2 Å². The highest BCUT2D eigenvalue weighted by Gasteiger charge is 2.18. The summed E-state index contributed by atoms with van der Waals surface area (Å²) in [6, 6.07) is 6.83. The minimum atomic E-state index is -0.929. The zero-order valence-corrected chi connectivity index (χ0v) is 13.3. The van der Waals surface area contributed by atoms with E-state index in [-0.39, 0.29) is 12.3 Å². The topological polar surface area (TPSA) is 66.4 Å². The van der Waals surface area contributed by atoms with Crippen LogP contribution in [0.4, 0.5) is 0 Å². The average Bonchev–Trinajstić information content (AvgIpc) is 2.38. The highest BCUT2D eigenvalue weighted by atomic mass is 79.9. The molecule has 0 fully saturated rings. The number of halogens is 1. The Kier molecular flexibility index (Phi) is 6.71. The molecule has 0 saturated heterocycles. The largest absolute Gasteiger partial charge is 0.481 e. The molecule has 1 rings (SSSR count). The zero-order valence-electron chi connectivity index (χ0n) is 11.7. The number of amides is 1. The van der Waals surface area contributed by atoms with Gasteiger partial charge in [0, 0.05) is 10.9 Å². The van der Waals surface area contributed by atoms with Gasteiger partial charge in [-0.05, 0) is 23.6 Å². The maximum atomic E-state index is 11.9. The molecule has 20 heavy (non-hydrogen) atoms. The number of carboxylic acids is 1. The van der Waals surface area contributed by atoms with E-state index in [9.17, 15) is 9.59 Å². The maximum Gasteiger partial charge on any atom is 0.305 e. The molecule has 0 aliphatic rings. The number of carbonyl (C=O) groups is 2. The van der Waals surface area contributed by atoms with Crippen LogP contribution in [0.1, 0.15) is 44.7 Å². The quantitative estimate of drug-likeness (QED) is 0.797. The van der Waals surface area contributed by atoms with Crippen molar-refractivity contribution < 1.29 is 14.7 Å². The lowest BCUT2D eigenvalue weighted by molar-refractivity contribution is -0.137. The zero-order chi connectivity index (χ0) is 15.1.